The van der Waals surface area contributed by atoms with Crippen molar-refractivity contribution in [1.29, 1.82) is 0 Å². The molecule has 0 aliphatic carbocycles. The number of carbonyl (C=O) groups excluding carboxylic acids is 2. The van der Waals surface area contributed by atoms with Gasteiger partial charge in [-0.25, -0.2) is 9.78 Å². The number of esters is 1. The lowest BCUT2D eigenvalue weighted by Crippen LogP contribution is -2.49. The molecule has 2 aromatic rings. The summed E-state index contributed by atoms with van der Waals surface area (Å²) in [6.45, 7) is 9.10. The van der Waals surface area contributed by atoms with Crippen molar-refractivity contribution in [1.82, 2.24) is 4.98 Å². The summed E-state index contributed by atoms with van der Waals surface area (Å²) in [5.41, 5.74) is 8.08. The summed E-state index contributed by atoms with van der Waals surface area (Å²) in [6, 6.07) is 10.6. The van der Waals surface area contributed by atoms with Crippen molar-refractivity contribution >= 4 is 37.1 Å². The Hall–Kier alpha value is -2.91. The SMILES string of the molecule is COC(=O)c1cnc2c(c1)C1(CCN(c3ccc(N)cc3)CC1)C(=O)N2COCC[Si](C)(C)C. The molecular weight excluding hydrogens is 448 g/mol. The Bertz CT molecular complexity index is 1060. The molecule has 0 radical (unpaired) electrons. The van der Waals surface area contributed by atoms with Crippen molar-refractivity contribution in [2.45, 2.75) is 43.9 Å². The molecular formula is C25H34N4O4Si. The molecule has 1 aromatic heterocycles. The van der Waals surface area contributed by atoms with Gasteiger partial charge in [-0.2, -0.15) is 0 Å². The number of methoxy groups -OCH3 is 1. The zero-order valence-corrected chi connectivity index (χ0v) is 21.5. The molecule has 1 saturated heterocycles. The van der Waals surface area contributed by atoms with Crippen molar-refractivity contribution in [3.63, 3.8) is 0 Å². The molecule has 3 heterocycles. The Morgan fingerprint density at radius 3 is 2.47 bits per heavy atom. The van der Waals surface area contributed by atoms with E-state index in [0.717, 1.165) is 23.0 Å². The summed E-state index contributed by atoms with van der Waals surface area (Å²) < 4.78 is 10.8. The van der Waals surface area contributed by atoms with E-state index in [-0.39, 0.29) is 12.6 Å². The van der Waals surface area contributed by atoms with Crippen LogP contribution in [0.4, 0.5) is 17.2 Å². The smallest absolute Gasteiger partial charge is 0.339 e. The fourth-order valence-corrected chi connectivity index (χ4v) is 5.45. The van der Waals surface area contributed by atoms with Crippen LogP contribution in [0.2, 0.25) is 25.7 Å². The lowest BCUT2D eigenvalue weighted by atomic mass is 9.73. The topological polar surface area (TPSA) is 98.0 Å². The van der Waals surface area contributed by atoms with Gasteiger partial charge in [-0.1, -0.05) is 19.6 Å². The highest BCUT2D eigenvalue weighted by atomic mass is 28.3. The molecule has 8 nitrogen and oxygen atoms in total. The average molecular weight is 483 g/mol. The number of nitrogen functional groups attached to an aromatic ring is 1. The molecule has 2 aliphatic rings. The predicted molar refractivity (Wildman–Crippen MR) is 136 cm³/mol. The second-order valence-corrected chi connectivity index (χ2v) is 15.9. The maximum atomic E-state index is 13.8. The highest BCUT2D eigenvalue weighted by molar-refractivity contribution is 6.76. The van der Waals surface area contributed by atoms with Crippen LogP contribution in [-0.2, 0) is 19.7 Å². The third-order valence-corrected chi connectivity index (χ3v) is 8.51. The van der Waals surface area contributed by atoms with E-state index in [2.05, 4.69) is 29.5 Å². The van der Waals surface area contributed by atoms with Gasteiger partial charge < -0.3 is 20.1 Å². The summed E-state index contributed by atoms with van der Waals surface area (Å²) >= 11 is 0. The van der Waals surface area contributed by atoms with Gasteiger partial charge in [0.05, 0.1) is 18.1 Å². The zero-order chi connectivity index (χ0) is 24.5. The lowest BCUT2D eigenvalue weighted by molar-refractivity contribution is -0.125. The standard InChI is InChI=1S/C25H34N4O4Si/c1-32-23(30)18-15-21-22(27-16-18)29(17-33-13-14-34(2,3)4)24(31)25(21)9-11-28(12-10-25)20-7-5-19(26)6-8-20/h5-8,15-16H,9-14,17,26H2,1-4H3. The summed E-state index contributed by atoms with van der Waals surface area (Å²) in [5, 5.41) is 0. The summed E-state index contributed by atoms with van der Waals surface area (Å²) in [5.74, 6) is 0.135. The molecule has 1 amide bonds. The minimum atomic E-state index is -1.24. The number of nitrogens with two attached hydrogens (primary N) is 1. The minimum absolute atomic E-state index is 0.00183. The van der Waals surface area contributed by atoms with Crippen LogP contribution in [0.3, 0.4) is 0 Å². The summed E-state index contributed by atoms with van der Waals surface area (Å²) in [4.78, 5) is 34.5. The highest BCUT2D eigenvalue weighted by Gasteiger charge is 2.53. The zero-order valence-electron chi connectivity index (χ0n) is 20.5. The number of hydrogen-bond acceptors (Lipinski definition) is 7. The molecule has 4 rings (SSSR count). The molecule has 2 aliphatic heterocycles. The van der Waals surface area contributed by atoms with E-state index >= 15 is 0 Å². The van der Waals surface area contributed by atoms with E-state index in [0.29, 0.717) is 43.9 Å². The first-order valence-corrected chi connectivity index (χ1v) is 15.4. The van der Waals surface area contributed by atoms with Crippen LogP contribution in [0, 0.1) is 0 Å². The molecule has 1 aromatic carbocycles. The van der Waals surface area contributed by atoms with Crippen LogP contribution >= 0.6 is 0 Å². The number of fused-ring (bicyclic) bond motifs is 2. The highest BCUT2D eigenvalue weighted by Crippen LogP contribution is 2.47. The molecule has 2 N–H and O–H groups in total. The Labute approximate surface area is 202 Å². The number of ether oxygens (including phenoxy) is 2. The quantitative estimate of drug-likeness (QED) is 0.278. The van der Waals surface area contributed by atoms with E-state index in [9.17, 15) is 9.59 Å². The fourth-order valence-electron chi connectivity index (χ4n) is 4.69. The maximum Gasteiger partial charge on any atom is 0.339 e. The van der Waals surface area contributed by atoms with Crippen molar-refractivity contribution in [2.75, 3.05) is 49.1 Å². The number of pyridine rings is 1. The van der Waals surface area contributed by atoms with Gasteiger partial charge in [-0.3, -0.25) is 9.69 Å². The van der Waals surface area contributed by atoms with Gasteiger partial charge in [-0.15, -0.1) is 0 Å². The number of hydrogen-bond donors (Lipinski definition) is 1. The van der Waals surface area contributed by atoms with Crippen LogP contribution in [0.25, 0.3) is 0 Å². The van der Waals surface area contributed by atoms with Gasteiger partial charge >= 0.3 is 5.97 Å². The first kappa shape index (κ1) is 24.2. The number of benzene rings is 1. The molecule has 0 unspecified atom stereocenters. The number of anilines is 3. The van der Waals surface area contributed by atoms with E-state index in [1.807, 2.05) is 24.3 Å². The molecule has 34 heavy (non-hydrogen) atoms. The van der Waals surface area contributed by atoms with Crippen LogP contribution in [0.15, 0.2) is 36.5 Å². The largest absolute Gasteiger partial charge is 0.465 e. The third-order valence-electron chi connectivity index (χ3n) is 6.81. The van der Waals surface area contributed by atoms with E-state index in [4.69, 9.17) is 15.2 Å². The van der Waals surface area contributed by atoms with Crippen LogP contribution in [-0.4, -0.2) is 58.5 Å². The number of carbonyl (C=O) groups is 2. The van der Waals surface area contributed by atoms with Crippen molar-refractivity contribution in [2.24, 2.45) is 0 Å². The number of nitrogens with zero attached hydrogens (tertiary/aromatic N) is 3. The van der Waals surface area contributed by atoms with Gasteiger partial charge in [-0.05, 0) is 49.2 Å². The number of amides is 1. The third kappa shape index (κ3) is 4.67. The second-order valence-electron chi connectivity index (χ2n) is 10.3. The normalized spacial score (nSPS) is 17.2. The molecule has 9 heteroatoms. The first-order valence-electron chi connectivity index (χ1n) is 11.7. The predicted octanol–water partition coefficient (Wildman–Crippen LogP) is 3.65. The summed E-state index contributed by atoms with van der Waals surface area (Å²) in [7, 11) is 0.109. The Kier molecular flexibility index (Phi) is 6.68. The molecule has 182 valence electrons. The first-order chi connectivity index (χ1) is 16.1. The van der Waals surface area contributed by atoms with Gasteiger partial charge in [0, 0.05) is 50.9 Å². The van der Waals surface area contributed by atoms with Gasteiger partial charge in [0.25, 0.3) is 0 Å². The number of aromatic nitrogens is 1. The molecule has 0 saturated carbocycles. The number of piperidine rings is 1. The Balaban J connectivity index is 1.59. The molecule has 1 fully saturated rings. The Morgan fingerprint density at radius 2 is 1.85 bits per heavy atom. The van der Waals surface area contributed by atoms with E-state index in [1.54, 1.807) is 11.0 Å². The van der Waals surface area contributed by atoms with Crippen molar-refractivity contribution in [3.05, 3.63) is 47.7 Å². The van der Waals surface area contributed by atoms with Crippen LogP contribution in [0.5, 0.6) is 0 Å². The maximum absolute atomic E-state index is 13.8. The second kappa shape index (κ2) is 9.38. The molecule has 0 atom stereocenters. The van der Waals surface area contributed by atoms with Crippen molar-refractivity contribution in [3.8, 4) is 0 Å². The van der Waals surface area contributed by atoms with Crippen LogP contribution < -0.4 is 15.5 Å². The lowest BCUT2D eigenvalue weighted by Gasteiger charge is -2.39. The van der Waals surface area contributed by atoms with Crippen molar-refractivity contribution < 1.29 is 19.1 Å². The summed E-state index contributed by atoms with van der Waals surface area (Å²) in [6.07, 6.45) is 2.73. The van der Waals surface area contributed by atoms with Gasteiger partial charge in [0.2, 0.25) is 5.91 Å². The fraction of sp³-hybridized carbons (Fsp3) is 0.480. The van der Waals surface area contributed by atoms with Crippen LogP contribution in [0.1, 0.15) is 28.8 Å². The van der Waals surface area contributed by atoms with E-state index in [1.165, 1.54) is 13.3 Å². The minimum Gasteiger partial charge on any atom is -0.465 e. The van der Waals surface area contributed by atoms with Gasteiger partial charge in [0.1, 0.15) is 12.5 Å². The monoisotopic (exact) mass is 482 g/mol. The molecule has 0 bridgehead atoms. The molecule has 1 spiro atoms. The Morgan fingerprint density at radius 1 is 1.18 bits per heavy atom. The van der Waals surface area contributed by atoms with Gasteiger partial charge in [0.15, 0.2) is 0 Å². The average Bonchev–Trinajstić information content (AvgIpc) is 3.04. The number of rotatable bonds is 7. The van der Waals surface area contributed by atoms with E-state index < -0.39 is 19.5 Å².